The summed E-state index contributed by atoms with van der Waals surface area (Å²) >= 11 is 0. The van der Waals surface area contributed by atoms with Crippen molar-refractivity contribution >= 4 is 17.4 Å². The van der Waals surface area contributed by atoms with Crippen molar-refractivity contribution < 1.29 is 9.18 Å². The summed E-state index contributed by atoms with van der Waals surface area (Å²) in [6.45, 7) is 3.78. The summed E-state index contributed by atoms with van der Waals surface area (Å²) in [6.07, 6.45) is 0.692. The number of rotatable bonds is 5. The number of benzene rings is 2. The predicted octanol–water partition coefficient (Wildman–Crippen LogP) is 3.28. The molecule has 1 fully saturated rings. The fourth-order valence-electron chi connectivity index (χ4n) is 3.20. The van der Waals surface area contributed by atoms with Crippen LogP contribution in [0.2, 0.25) is 0 Å². The molecule has 6 heteroatoms. The average molecular weight is 370 g/mol. The van der Waals surface area contributed by atoms with Crippen LogP contribution in [0.3, 0.4) is 0 Å². The van der Waals surface area contributed by atoms with E-state index in [-0.39, 0.29) is 11.8 Å². The summed E-state index contributed by atoms with van der Waals surface area (Å²) in [6, 6.07) is 14.6. The number of carbonyl (C=O) groups excluding carboxylic acids is 1. The Bertz CT molecular complexity index is 755. The predicted molar refractivity (Wildman–Crippen MR) is 108 cm³/mol. The average Bonchev–Trinajstić information content (AvgIpc) is 2.68. The number of nitrogens with zero attached hydrogens (tertiary/aromatic N) is 3. The quantitative estimate of drug-likeness (QED) is 0.878. The minimum atomic E-state index is -0.143. The van der Waals surface area contributed by atoms with E-state index in [0.717, 1.165) is 36.6 Å². The Morgan fingerprint density at radius 2 is 1.70 bits per heavy atom. The number of urea groups is 1. The molecular formula is C21H27FN4O. The van der Waals surface area contributed by atoms with Crippen LogP contribution in [-0.4, -0.2) is 62.7 Å². The van der Waals surface area contributed by atoms with Crippen LogP contribution < -0.4 is 10.2 Å². The van der Waals surface area contributed by atoms with Crippen LogP contribution in [0.1, 0.15) is 5.56 Å². The highest BCUT2D eigenvalue weighted by molar-refractivity contribution is 5.89. The van der Waals surface area contributed by atoms with Gasteiger partial charge in [-0.1, -0.05) is 18.2 Å². The zero-order valence-corrected chi connectivity index (χ0v) is 16.0. The first-order valence-electron chi connectivity index (χ1n) is 9.32. The lowest BCUT2D eigenvalue weighted by Gasteiger charge is -2.34. The van der Waals surface area contributed by atoms with Gasteiger partial charge >= 0.3 is 6.03 Å². The molecule has 1 aliphatic heterocycles. The second-order valence-corrected chi connectivity index (χ2v) is 7.04. The van der Waals surface area contributed by atoms with Crippen LogP contribution in [0.4, 0.5) is 20.6 Å². The van der Waals surface area contributed by atoms with Crippen molar-refractivity contribution in [2.75, 3.05) is 57.0 Å². The first-order valence-corrected chi connectivity index (χ1v) is 9.32. The molecule has 0 aliphatic carbocycles. The maximum absolute atomic E-state index is 13.7. The van der Waals surface area contributed by atoms with E-state index >= 15 is 0 Å². The molecule has 2 aromatic carbocycles. The molecule has 0 bridgehead atoms. The molecule has 144 valence electrons. The van der Waals surface area contributed by atoms with Crippen LogP contribution in [0.5, 0.6) is 0 Å². The molecule has 1 saturated heterocycles. The molecule has 1 aliphatic rings. The molecule has 1 N–H and O–H groups in total. The number of anilines is 2. The highest BCUT2D eigenvalue weighted by atomic mass is 19.1. The van der Waals surface area contributed by atoms with Crippen molar-refractivity contribution in [2.45, 2.75) is 6.42 Å². The Morgan fingerprint density at radius 1 is 1.04 bits per heavy atom. The van der Waals surface area contributed by atoms with Gasteiger partial charge in [0.15, 0.2) is 0 Å². The lowest BCUT2D eigenvalue weighted by Crippen LogP contribution is -2.50. The van der Waals surface area contributed by atoms with Gasteiger partial charge in [0.1, 0.15) is 5.82 Å². The Kier molecular flexibility index (Phi) is 6.29. The standard InChI is InChI=1S/C21H27FN4O/c1-24(2)19-9-7-18(8-10-19)23-21(27)26-15-13-25(14-16-26)12-11-17-5-3-4-6-20(17)22/h3-10H,11-16H2,1-2H3,(H,23,27). The van der Waals surface area contributed by atoms with Gasteiger partial charge in [-0.2, -0.15) is 0 Å². The minimum Gasteiger partial charge on any atom is -0.378 e. The number of hydrogen-bond acceptors (Lipinski definition) is 3. The molecule has 0 spiro atoms. The van der Waals surface area contributed by atoms with Gasteiger partial charge in [-0.15, -0.1) is 0 Å². The first kappa shape index (κ1) is 19.2. The lowest BCUT2D eigenvalue weighted by atomic mass is 10.1. The second kappa shape index (κ2) is 8.86. The van der Waals surface area contributed by atoms with E-state index < -0.39 is 0 Å². The van der Waals surface area contributed by atoms with Gasteiger partial charge in [0.05, 0.1) is 0 Å². The van der Waals surface area contributed by atoms with E-state index in [2.05, 4.69) is 10.2 Å². The molecule has 2 amide bonds. The van der Waals surface area contributed by atoms with Crippen molar-refractivity contribution in [3.05, 3.63) is 59.9 Å². The van der Waals surface area contributed by atoms with Crippen LogP contribution in [0, 0.1) is 5.82 Å². The van der Waals surface area contributed by atoms with Crippen molar-refractivity contribution in [1.82, 2.24) is 9.80 Å². The lowest BCUT2D eigenvalue weighted by molar-refractivity contribution is 0.148. The summed E-state index contributed by atoms with van der Waals surface area (Å²) in [5.41, 5.74) is 2.64. The van der Waals surface area contributed by atoms with Gasteiger partial charge < -0.3 is 15.1 Å². The summed E-state index contributed by atoms with van der Waals surface area (Å²) in [5.74, 6) is -0.143. The van der Waals surface area contributed by atoms with Crippen LogP contribution >= 0.6 is 0 Å². The SMILES string of the molecule is CN(C)c1ccc(NC(=O)N2CCN(CCc3ccccc3F)CC2)cc1. The Hall–Kier alpha value is -2.60. The number of carbonyl (C=O) groups is 1. The molecule has 0 aromatic heterocycles. The van der Waals surface area contributed by atoms with E-state index in [1.54, 1.807) is 6.07 Å². The van der Waals surface area contributed by atoms with Gasteiger partial charge in [0, 0.05) is 58.2 Å². The third-order valence-corrected chi connectivity index (χ3v) is 4.95. The molecule has 0 radical (unpaired) electrons. The van der Waals surface area contributed by atoms with Gasteiger partial charge in [0.25, 0.3) is 0 Å². The number of piperazine rings is 1. The molecule has 3 rings (SSSR count). The third kappa shape index (κ3) is 5.20. The molecule has 5 nitrogen and oxygen atoms in total. The fourth-order valence-corrected chi connectivity index (χ4v) is 3.20. The van der Waals surface area contributed by atoms with Gasteiger partial charge in [-0.05, 0) is 42.3 Å². The highest BCUT2D eigenvalue weighted by Gasteiger charge is 2.21. The van der Waals surface area contributed by atoms with Gasteiger partial charge in [-0.3, -0.25) is 4.90 Å². The maximum atomic E-state index is 13.7. The number of amides is 2. The van der Waals surface area contributed by atoms with Crippen molar-refractivity contribution in [2.24, 2.45) is 0 Å². The van der Waals surface area contributed by atoms with Gasteiger partial charge in [0.2, 0.25) is 0 Å². The third-order valence-electron chi connectivity index (χ3n) is 4.95. The summed E-state index contributed by atoms with van der Waals surface area (Å²) in [4.78, 5) is 18.6. The molecule has 0 atom stereocenters. The molecule has 2 aromatic rings. The Labute approximate surface area is 160 Å². The van der Waals surface area contributed by atoms with E-state index in [4.69, 9.17) is 0 Å². The first-order chi connectivity index (χ1) is 13.0. The van der Waals surface area contributed by atoms with Crippen molar-refractivity contribution in [3.63, 3.8) is 0 Å². The number of hydrogen-bond donors (Lipinski definition) is 1. The minimum absolute atomic E-state index is 0.0682. The molecule has 0 saturated carbocycles. The van der Waals surface area contributed by atoms with E-state index in [1.807, 2.05) is 60.3 Å². The zero-order chi connectivity index (χ0) is 19.2. The molecule has 27 heavy (non-hydrogen) atoms. The van der Waals surface area contributed by atoms with E-state index in [1.165, 1.54) is 6.07 Å². The van der Waals surface area contributed by atoms with Gasteiger partial charge in [-0.25, -0.2) is 9.18 Å². The topological polar surface area (TPSA) is 38.8 Å². The largest absolute Gasteiger partial charge is 0.378 e. The normalized spacial score (nSPS) is 14.9. The Morgan fingerprint density at radius 3 is 2.33 bits per heavy atom. The maximum Gasteiger partial charge on any atom is 0.321 e. The van der Waals surface area contributed by atoms with Crippen LogP contribution in [0.15, 0.2) is 48.5 Å². The van der Waals surface area contributed by atoms with Crippen LogP contribution in [-0.2, 0) is 6.42 Å². The molecule has 0 unspecified atom stereocenters. The van der Waals surface area contributed by atoms with E-state index in [9.17, 15) is 9.18 Å². The monoisotopic (exact) mass is 370 g/mol. The van der Waals surface area contributed by atoms with Crippen LogP contribution in [0.25, 0.3) is 0 Å². The molecular weight excluding hydrogens is 343 g/mol. The van der Waals surface area contributed by atoms with E-state index in [0.29, 0.717) is 19.5 Å². The molecule has 1 heterocycles. The fraction of sp³-hybridized carbons (Fsp3) is 0.381. The van der Waals surface area contributed by atoms with Crippen molar-refractivity contribution in [3.8, 4) is 0 Å². The van der Waals surface area contributed by atoms with Crippen molar-refractivity contribution in [1.29, 1.82) is 0 Å². The second-order valence-electron chi connectivity index (χ2n) is 7.04. The summed E-state index contributed by atoms with van der Waals surface area (Å²) < 4.78 is 13.7. The highest BCUT2D eigenvalue weighted by Crippen LogP contribution is 2.16. The number of halogens is 1. The summed E-state index contributed by atoms with van der Waals surface area (Å²) in [7, 11) is 3.97. The summed E-state index contributed by atoms with van der Waals surface area (Å²) in [5, 5.41) is 2.96. The zero-order valence-electron chi connectivity index (χ0n) is 16.0. The smallest absolute Gasteiger partial charge is 0.321 e. The Balaban J connectivity index is 1.44. The number of nitrogens with one attached hydrogen (secondary N) is 1.